The summed E-state index contributed by atoms with van der Waals surface area (Å²) in [6.45, 7) is 7.14. The molecule has 13 heavy (non-hydrogen) atoms. The number of rotatable bonds is 5. The zero-order valence-corrected chi connectivity index (χ0v) is 9.42. The van der Waals surface area contributed by atoms with Crippen molar-refractivity contribution in [2.75, 3.05) is 0 Å². The zero-order valence-electron chi connectivity index (χ0n) is 9.42. The number of allylic oxidation sites excluding steroid dienone is 2. The van der Waals surface area contributed by atoms with Gasteiger partial charge in [-0.2, -0.15) is 0 Å². The van der Waals surface area contributed by atoms with Gasteiger partial charge in [0.1, 0.15) is 0 Å². The van der Waals surface area contributed by atoms with Crippen LogP contribution in [0.5, 0.6) is 0 Å². The molecule has 0 radical (unpaired) electrons. The van der Waals surface area contributed by atoms with Crippen molar-refractivity contribution in [1.29, 1.82) is 0 Å². The van der Waals surface area contributed by atoms with Crippen molar-refractivity contribution in [2.24, 2.45) is 17.8 Å². The van der Waals surface area contributed by atoms with Crippen LogP contribution in [0.3, 0.4) is 0 Å². The molecule has 76 valence electrons. The fourth-order valence-corrected chi connectivity index (χ4v) is 2.31. The van der Waals surface area contributed by atoms with Crippen LogP contribution in [-0.2, 0) is 0 Å². The summed E-state index contributed by atoms with van der Waals surface area (Å²) in [5, 5.41) is 0. The first kappa shape index (κ1) is 10.8. The van der Waals surface area contributed by atoms with Crippen molar-refractivity contribution in [3.8, 4) is 0 Å². The molecule has 0 N–H and O–H groups in total. The Morgan fingerprint density at radius 3 is 2.69 bits per heavy atom. The number of unbranched alkanes of at least 4 members (excludes halogenated alkanes) is 1. The van der Waals surface area contributed by atoms with Gasteiger partial charge in [-0.15, -0.1) is 0 Å². The molecule has 1 rings (SSSR count). The van der Waals surface area contributed by atoms with E-state index in [0.29, 0.717) is 0 Å². The van der Waals surface area contributed by atoms with Crippen LogP contribution < -0.4 is 0 Å². The van der Waals surface area contributed by atoms with E-state index in [9.17, 15) is 0 Å². The van der Waals surface area contributed by atoms with Gasteiger partial charge in [0.05, 0.1) is 0 Å². The Hall–Kier alpha value is -0.260. The molecule has 0 heterocycles. The summed E-state index contributed by atoms with van der Waals surface area (Å²) < 4.78 is 0. The summed E-state index contributed by atoms with van der Waals surface area (Å²) >= 11 is 0. The summed E-state index contributed by atoms with van der Waals surface area (Å²) in [6, 6.07) is 0. The number of hydrogen-bond acceptors (Lipinski definition) is 0. The van der Waals surface area contributed by atoms with E-state index in [-0.39, 0.29) is 0 Å². The summed E-state index contributed by atoms with van der Waals surface area (Å²) in [5.41, 5.74) is 0. The third-order valence-corrected chi connectivity index (χ3v) is 3.64. The second-order valence-electron chi connectivity index (χ2n) is 4.65. The van der Waals surface area contributed by atoms with Gasteiger partial charge in [0.25, 0.3) is 0 Å². The van der Waals surface area contributed by atoms with Gasteiger partial charge in [0.2, 0.25) is 0 Å². The van der Waals surface area contributed by atoms with Crippen LogP contribution >= 0.6 is 0 Å². The standard InChI is InChI=1S/C13H24/c1-4-5-8-11(2)12(3)13-9-6-7-10-13/h6,9,11-13H,4-5,7-8,10H2,1-3H3. The van der Waals surface area contributed by atoms with Gasteiger partial charge in [-0.25, -0.2) is 0 Å². The van der Waals surface area contributed by atoms with E-state index < -0.39 is 0 Å². The van der Waals surface area contributed by atoms with E-state index in [0.717, 1.165) is 17.8 Å². The van der Waals surface area contributed by atoms with Crippen molar-refractivity contribution < 1.29 is 0 Å². The minimum atomic E-state index is 0.881. The average Bonchev–Trinajstić information content (AvgIpc) is 2.65. The predicted octanol–water partition coefficient (Wildman–Crippen LogP) is 4.42. The molecule has 0 amide bonds. The van der Waals surface area contributed by atoms with Gasteiger partial charge in [-0.3, -0.25) is 0 Å². The molecule has 0 fully saturated rings. The molecule has 0 aromatic heterocycles. The monoisotopic (exact) mass is 180 g/mol. The van der Waals surface area contributed by atoms with Gasteiger partial charge in [-0.05, 0) is 30.6 Å². The average molecular weight is 180 g/mol. The predicted molar refractivity (Wildman–Crippen MR) is 59.7 cm³/mol. The SMILES string of the molecule is CCCCC(C)C(C)C1C=CCC1. The maximum Gasteiger partial charge on any atom is -0.0202 e. The molecule has 1 aliphatic carbocycles. The van der Waals surface area contributed by atoms with Crippen LogP contribution in [0.4, 0.5) is 0 Å². The first-order valence-corrected chi connectivity index (χ1v) is 5.92. The third-order valence-electron chi connectivity index (χ3n) is 3.64. The highest BCUT2D eigenvalue weighted by Crippen LogP contribution is 2.32. The molecular weight excluding hydrogens is 156 g/mol. The van der Waals surface area contributed by atoms with E-state index in [1.54, 1.807) is 0 Å². The minimum Gasteiger partial charge on any atom is -0.0882 e. The van der Waals surface area contributed by atoms with Crippen LogP contribution in [0.1, 0.15) is 52.9 Å². The van der Waals surface area contributed by atoms with Crippen LogP contribution in [-0.4, -0.2) is 0 Å². The normalized spacial score (nSPS) is 26.2. The highest BCUT2D eigenvalue weighted by Gasteiger charge is 2.21. The van der Waals surface area contributed by atoms with Gasteiger partial charge in [0.15, 0.2) is 0 Å². The second kappa shape index (κ2) is 5.47. The minimum absolute atomic E-state index is 0.881. The highest BCUT2D eigenvalue weighted by atomic mass is 14.3. The highest BCUT2D eigenvalue weighted by molar-refractivity contribution is 4.98. The van der Waals surface area contributed by atoms with E-state index in [1.165, 1.54) is 32.1 Å². The Labute approximate surface area is 83.4 Å². The number of hydrogen-bond donors (Lipinski definition) is 0. The quantitative estimate of drug-likeness (QED) is 0.550. The van der Waals surface area contributed by atoms with Crippen LogP contribution in [0, 0.1) is 17.8 Å². The van der Waals surface area contributed by atoms with Crippen LogP contribution in [0.2, 0.25) is 0 Å². The molecule has 0 aromatic rings. The van der Waals surface area contributed by atoms with E-state index in [1.807, 2.05) is 0 Å². The lowest BCUT2D eigenvalue weighted by atomic mass is 9.81. The van der Waals surface area contributed by atoms with Crippen molar-refractivity contribution in [2.45, 2.75) is 52.9 Å². The van der Waals surface area contributed by atoms with E-state index >= 15 is 0 Å². The zero-order chi connectivity index (χ0) is 9.68. The topological polar surface area (TPSA) is 0 Å². The Kier molecular flexibility index (Phi) is 4.55. The Morgan fingerprint density at radius 2 is 2.15 bits per heavy atom. The fraction of sp³-hybridized carbons (Fsp3) is 0.846. The van der Waals surface area contributed by atoms with Crippen LogP contribution in [0.25, 0.3) is 0 Å². The molecular formula is C13H24. The molecule has 3 atom stereocenters. The molecule has 0 spiro atoms. The molecule has 0 nitrogen and oxygen atoms in total. The van der Waals surface area contributed by atoms with Crippen molar-refractivity contribution in [3.05, 3.63) is 12.2 Å². The van der Waals surface area contributed by atoms with Gasteiger partial charge < -0.3 is 0 Å². The molecule has 3 unspecified atom stereocenters. The summed E-state index contributed by atoms with van der Waals surface area (Å²) in [5.74, 6) is 2.69. The van der Waals surface area contributed by atoms with Crippen molar-refractivity contribution >= 4 is 0 Å². The first-order chi connectivity index (χ1) is 6.25. The molecule has 0 aliphatic heterocycles. The smallest absolute Gasteiger partial charge is 0.0202 e. The Bertz CT molecular complexity index is 157. The second-order valence-corrected chi connectivity index (χ2v) is 4.65. The fourth-order valence-electron chi connectivity index (χ4n) is 2.31. The van der Waals surface area contributed by atoms with Gasteiger partial charge >= 0.3 is 0 Å². The Morgan fingerprint density at radius 1 is 1.38 bits per heavy atom. The lowest BCUT2D eigenvalue weighted by molar-refractivity contribution is 0.281. The van der Waals surface area contributed by atoms with E-state index in [4.69, 9.17) is 0 Å². The molecule has 0 saturated carbocycles. The molecule has 0 bridgehead atoms. The lowest BCUT2D eigenvalue weighted by Gasteiger charge is -2.24. The van der Waals surface area contributed by atoms with E-state index in [2.05, 4.69) is 32.9 Å². The molecule has 0 aromatic carbocycles. The van der Waals surface area contributed by atoms with Crippen molar-refractivity contribution in [3.63, 3.8) is 0 Å². The van der Waals surface area contributed by atoms with Gasteiger partial charge in [0, 0.05) is 0 Å². The molecule has 1 aliphatic rings. The third kappa shape index (κ3) is 3.17. The lowest BCUT2D eigenvalue weighted by Crippen LogP contribution is -2.15. The van der Waals surface area contributed by atoms with Crippen molar-refractivity contribution in [1.82, 2.24) is 0 Å². The summed E-state index contributed by atoms with van der Waals surface area (Å²) in [6.07, 6.45) is 11.7. The first-order valence-electron chi connectivity index (χ1n) is 5.92. The summed E-state index contributed by atoms with van der Waals surface area (Å²) in [7, 11) is 0. The molecule has 0 heteroatoms. The maximum absolute atomic E-state index is 2.44. The molecule has 0 saturated heterocycles. The largest absolute Gasteiger partial charge is 0.0882 e. The van der Waals surface area contributed by atoms with Crippen LogP contribution in [0.15, 0.2) is 12.2 Å². The van der Waals surface area contributed by atoms with Gasteiger partial charge in [-0.1, -0.05) is 52.2 Å². The summed E-state index contributed by atoms with van der Waals surface area (Å²) in [4.78, 5) is 0. The maximum atomic E-state index is 2.44. The Balaban J connectivity index is 2.28.